The van der Waals surface area contributed by atoms with E-state index in [0.29, 0.717) is 17.9 Å². The van der Waals surface area contributed by atoms with Gasteiger partial charge >= 0.3 is 0 Å². The lowest BCUT2D eigenvalue weighted by Gasteiger charge is -2.07. The van der Waals surface area contributed by atoms with E-state index in [1.807, 2.05) is 13.0 Å². The zero-order valence-corrected chi connectivity index (χ0v) is 6.59. The standard InChI is InChI=1S/C8H13N3/c1-5-6(4-9)2-3-7(10)8(5)11/h2-3H,4,9-11H2,1H3. The second-order valence-corrected chi connectivity index (χ2v) is 2.56. The second-order valence-electron chi connectivity index (χ2n) is 2.56. The van der Waals surface area contributed by atoms with Crippen molar-refractivity contribution in [1.29, 1.82) is 0 Å². The summed E-state index contributed by atoms with van der Waals surface area (Å²) >= 11 is 0. The van der Waals surface area contributed by atoms with Gasteiger partial charge in [-0.1, -0.05) is 6.07 Å². The molecule has 0 spiro atoms. The largest absolute Gasteiger partial charge is 0.397 e. The van der Waals surface area contributed by atoms with Crippen LogP contribution in [0.5, 0.6) is 0 Å². The maximum absolute atomic E-state index is 5.68. The third-order valence-electron chi connectivity index (χ3n) is 1.88. The second kappa shape index (κ2) is 2.80. The quantitative estimate of drug-likeness (QED) is 0.515. The fourth-order valence-electron chi connectivity index (χ4n) is 1.02. The highest BCUT2D eigenvalue weighted by Gasteiger charge is 2.01. The molecule has 0 atom stereocenters. The van der Waals surface area contributed by atoms with Crippen molar-refractivity contribution in [2.24, 2.45) is 5.73 Å². The Morgan fingerprint density at radius 2 is 1.91 bits per heavy atom. The maximum atomic E-state index is 5.68. The Labute approximate surface area is 66.2 Å². The average molecular weight is 151 g/mol. The Kier molecular flexibility index (Phi) is 2.01. The van der Waals surface area contributed by atoms with Crippen LogP contribution in [-0.2, 0) is 6.54 Å². The summed E-state index contributed by atoms with van der Waals surface area (Å²) < 4.78 is 0. The van der Waals surface area contributed by atoms with Crippen LogP contribution in [0, 0.1) is 6.92 Å². The third kappa shape index (κ3) is 1.28. The molecule has 0 unspecified atom stereocenters. The summed E-state index contributed by atoms with van der Waals surface area (Å²) in [6.45, 7) is 2.43. The predicted octanol–water partition coefficient (Wildman–Crippen LogP) is 0.618. The van der Waals surface area contributed by atoms with E-state index in [0.717, 1.165) is 11.1 Å². The minimum atomic E-state index is 0.510. The molecule has 0 saturated heterocycles. The molecule has 0 radical (unpaired) electrons. The van der Waals surface area contributed by atoms with Gasteiger partial charge in [0.15, 0.2) is 0 Å². The van der Waals surface area contributed by atoms with E-state index in [2.05, 4.69) is 0 Å². The molecule has 0 aliphatic heterocycles. The van der Waals surface area contributed by atoms with Gasteiger partial charge in [-0.05, 0) is 24.1 Å². The van der Waals surface area contributed by atoms with Crippen molar-refractivity contribution in [2.45, 2.75) is 13.5 Å². The number of benzene rings is 1. The molecule has 1 aromatic carbocycles. The lowest BCUT2D eigenvalue weighted by molar-refractivity contribution is 1.05. The maximum Gasteiger partial charge on any atom is 0.0580 e. The molecule has 6 N–H and O–H groups in total. The summed E-state index contributed by atoms with van der Waals surface area (Å²) in [5.74, 6) is 0. The fraction of sp³-hybridized carbons (Fsp3) is 0.250. The fourth-order valence-corrected chi connectivity index (χ4v) is 1.02. The number of rotatable bonds is 1. The monoisotopic (exact) mass is 151 g/mol. The van der Waals surface area contributed by atoms with Gasteiger partial charge in [0.05, 0.1) is 11.4 Å². The van der Waals surface area contributed by atoms with E-state index in [4.69, 9.17) is 17.2 Å². The number of nitrogen functional groups attached to an aromatic ring is 2. The molecule has 0 bridgehead atoms. The van der Waals surface area contributed by atoms with Crippen LogP contribution >= 0.6 is 0 Å². The summed E-state index contributed by atoms with van der Waals surface area (Å²) in [5.41, 5.74) is 20.0. The van der Waals surface area contributed by atoms with E-state index < -0.39 is 0 Å². The van der Waals surface area contributed by atoms with Crippen LogP contribution in [0.25, 0.3) is 0 Å². The van der Waals surface area contributed by atoms with Gasteiger partial charge in [0.25, 0.3) is 0 Å². The minimum Gasteiger partial charge on any atom is -0.397 e. The van der Waals surface area contributed by atoms with Gasteiger partial charge in [-0.25, -0.2) is 0 Å². The molecule has 0 aliphatic rings. The molecule has 0 aromatic heterocycles. The van der Waals surface area contributed by atoms with Gasteiger partial charge in [0, 0.05) is 6.54 Å². The van der Waals surface area contributed by atoms with E-state index in [1.165, 1.54) is 0 Å². The molecule has 1 rings (SSSR count). The molecule has 0 fully saturated rings. The molecule has 0 aliphatic carbocycles. The number of hydrogen-bond donors (Lipinski definition) is 3. The molecule has 3 heteroatoms. The van der Waals surface area contributed by atoms with Gasteiger partial charge < -0.3 is 17.2 Å². The van der Waals surface area contributed by atoms with E-state index in [1.54, 1.807) is 6.07 Å². The van der Waals surface area contributed by atoms with Crippen LogP contribution in [0.15, 0.2) is 12.1 Å². The van der Waals surface area contributed by atoms with Crippen molar-refractivity contribution in [1.82, 2.24) is 0 Å². The first kappa shape index (κ1) is 7.88. The Morgan fingerprint density at radius 3 is 2.45 bits per heavy atom. The lowest BCUT2D eigenvalue weighted by Crippen LogP contribution is -2.04. The van der Waals surface area contributed by atoms with Gasteiger partial charge in [0.1, 0.15) is 0 Å². The number of nitrogens with two attached hydrogens (primary N) is 3. The minimum absolute atomic E-state index is 0.510. The Morgan fingerprint density at radius 1 is 1.27 bits per heavy atom. The van der Waals surface area contributed by atoms with Gasteiger partial charge in [-0.15, -0.1) is 0 Å². The van der Waals surface area contributed by atoms with E-state index in [-0.39, 0.29) is 0 Å². The summed E-state index contributed by atoms with van der Waals surface area (Å²) in [6, 6.07) is 3.69. The third-order valence-corrected chi connectivity index (χ3v) is 1.88. The molecule has 0 heterocycles. The van der Waals surface area contributed by atoms with Crippen LogP contribution in [0.1, 0.15) is 11.1 Å². The lowest BCUT2D eigenvalue weighted by atomic mass is 10.1. The normalized spacial score (nSPS) is 10.0. The van der Waals surface area contributed by atoms with Crippen LogP contribution in [0.3, 0.4) is 0 Å². The molecule has 60 valence electrons. The van der Waals surface area contributed by atoms with E-state index in [9.17, 15) is 0 Å². The van der Waals surface area contributed by atoms with Crippen molar-refractivity contribution in [3.63, 3.8) is 0 Å². The molecule has 3 nitrogen and oxygen atoms in total. The molecule has 1 aromatic rings. The van der Waals surface area contributed by atoms with E-state index >= 15 is 0 Å². The van der Waals surface area contributed by atoms with Gasteiger partial charge in [0.2, 0.25) is 0 Å². The predicted molar refractivity (Wildman–Crippen MR) is 47.9 cm³/mol. The Hall–Kier alpha value is -1.22. The first-order valence-corrected chi connectivity index (χ1v) is 3.50. The van der Waals surface area contributed by atoms with Crippen molar-refractivity contribution < 1.29 is 0 Å². The van der Waals surface area contributed by atoms with Crippen LogP contribution in [0.2, 0.25) is 0 Å². The molecule has 0 saturated carbocycles. The molecular formula is C8H13N3. The molecule has 0 amide bonds. The zero-order valence-electron chi connectivity index (χ0n) is 6.59. The van der Waals surface area contributed by atoms with Crippen LogP contribution in [-0.4, -0.2) is 0 Å². The van der Waals surface area contributed by atoms with Crippen molar-refractivity contribution in [3.05, 3.63) is 23.3 Å². The first-order valence-electron chi connectivity index (χ1n) is 3.50. The highest BCUT2D eigenvalue weighted by molar-refractivity contribution is 5.68. The summed E-state index contributed by atoms with van der Waals surface area (Å²) in [6.07, 6.45) is 0. The Balaban J connectivity index is 3.25. The smallest absolute Gasteiger partial charge is 0.0580 e. The molecular weight excluding hydrogens is 138 g/mol. The molecule has 11 heavy (non-hydrogen) atoms. The SMILES string of the molecule is Cc1c(CN)ccc(N)c1N. The average Bonchev–Trinajstić information content (AvgIpc) is 2.01. The number of anilines is 2. The summed E-state index contributed by atoms with van der Waals surface area (Å²) in [5, 5.41) is 0. The Bertz CT molecular complexity index is 268. The van der Waals surface area contributed by atoms with Crippen molar-refractivity contribution in [2.75, 3.05) is 11.5 Å². The summed E-state index contributed by atoms with van der Waals surface area (Å²) in [4.78, 5) is 0. The van der Waals surface area contributed by atoms with Crippen LogP contribution in [0.4, 0.5) is 11.4 Å². The zero-order chi connectivity index (χ0) is 8.43. The number of hydrogen-bond acceptors (Lipinski definition) is 3. The highest BCUT2D eigenvalue weighted by Crippen LogP contribution is 2.21. The van der Waals surface area contributed by atoms with Crippen molar-refractivity contribution in [3.8, 4) is 0 Å². The van der Waals surface area contributed by atoms with Gasteiger partial charge in [-0.2, -0.15) is 0 Å². The highest BCUT2D eigenvalue weighted by atomic mass is 14.7. The topological polar surface area (TPSA) is 78.1 Å². The van der Waals surface area contributed by atoms with Crippen molar-refractivity contribution >= 4 is 11.4 Å². The summed E-state index contributed by atoms with van der Waals surface area (Å²) in [7, 11) is 0. The first-order chi connectivity index (χ1) is 5.16. The van der Waals surface area contributed by atoms with Gasteiger partial charge in [-0.3, -0.25) is 0 Å². The van der Waals surface area contributed by atoms with Crippen LogP contribution < -0.4 is 17.2 Å².